The molecular weight excluding hydrogens is 338 g/mol. The summed E-state index contributed by atoms with van der Waals surface area (Å²) < 4.78 is 27.9. The lowest BCUT2D eigenvalue weighted by Crippen LogP contribution is -2.34. The summed E-state index contributed by atoms with van der Waals surface area (Å²) in [4.78, 5) is 4.42. The van der Waals surface area contributed by atoms with Crippen LogP contribution in [-0.2, 0) is 21.1 Å². The van der Waals surface area contributed by atoms with Crippen molar-refractivity contribution in [3.05, 3.63) is 35.7 Å². The van der Waals surface area contributed by atoms with Gasteiger partial charge in [-0.2, -0.15) is 4.98 Å². The Morgan fingerprint density at radius 1 is 1.22 bits per heavy atom. The Bertz CT molecular complexity index is 766. The summed E-state index contributed by atoms with van der Waals surface area (Å²) in [5, 5.41) is 4.02. The zero-order valence-corrected chi connectivity index (χ0v) is 14.5. The first-order valence-corrected chi connectivity index (χ1v) is 9.32. The molecule has 1 aliphatic rings. The molecule has 0 amide bonds. The van der Waals surface area contributed by atoms with Gasteiger partial charge in [0.05, 0.1) is 11.3 Å². The molecule has 1 aliphatic carbocycles. The number of aromatic nitrogens is 2. The molecule has 0 unspecified atom stereocenters. The predicted molar refractivity (Wildman–Crippen MR) is 89.9 cm³/mol. The Labute approximate surface area is 141 Å². The first kappa shape index (κ1) is 17.9. The van der Waals surface area contributed by atoms with E-state index in [2.05, 4.69) is 10.1 Å². The Kier molecular flexibility index (Phi) is 5.13. The van der Waals surface area contributed by atoms with Gasteiger partial charge in [-0.15, -0.1) is 12.4 Å². The van der Waals surface area contributed by atoms with Gasteiger partial charge in [-0.25, -0.2) is 8.42 Å². The maximum absolute atomic E-state index is 11.3. The fourth-order valence-corrected chi connectivity index (χ4v) is 3.62. The van der Waals surface area contributed by atoms with E-state index in [-0.39, 0.29) is 18.2 Å². The summed E-state index contributed by atoms with van der Waals surface area (Å²) in [6.07, 6.45) is 5.13. The van der Waals surface area contributed by atoms with Gasteiger partial charge < -0.3 is 10.3 Å². The van der Waals surface area contributed by atoms with Gasteiger partial charge in [0.25, 0.3) is 5.89 Å². The summed E-state index contributed by atoms with van der Waals surface area (Å²) >= 11 is 0. The van der Waals surface area contributed by atoms with Crippen LogP contribution in [0.15, 0.2) is 28.8 Å². The lowest BCUT2D eigenvalue weighted by molar-refractivity contribution is 0.372. The maximum Gasteiger partial charge on any atom is 0.257 e. The van der Waals surface area contributed by atoms with E-state index in [0.717, 1.165) is 36.8 Å². The minimum absolute atomic E-state index is 0. The quantitative estimate of drug-likeness (QED) is 0.902. The molecule has 0 radical (unpaired) electrons. The second kappa shape index (κ2) is 6.59. The minimum atomic E-state index is -3.04. The van der Waals surface area contributed by atoms with Crippen molar-refractivity contribution >= 4 is 22.2 Å². The average molecular weight is 358 g/mol. The summed E-state index contributed by atoms with van der Waals surface area (Å²) in [6, 6.07) is 7.09. The van der Waals surface area contributed by atoms with Gasteiger partial charge >= 0.3 is 0 Å². The van der Waals surface area contributed by atoms with Crippen molar-refractivity contribution in [2.24, 2.45) is 5.73 Å². The van der Waals surface area contributed by atoms with Crippen LogP contribution in [0.5, 0.6) is 0 Å². The molecule has 0 bridgehead atoms. The maximum atomic E-state index is 11.3. The van der Waals surface area contributed by atoms with Crippen molar-refractivity contribution < 1.29 is 12.9 Å². The van der Waals surface area contributed by atoms with Crippen LogP contribution in [0.2, 0.25) is 0 Å². The molecule has 1 fully saturated rings. The highest BCUT2D eigenvalue weighted by atomic mass is 35.5. The standard InChI is InChI=1S/C15H19N3O3S.ClH/c1-22(19,20)10-11-4-6-12(7-5-11)13-17-14(18-21-13)15(16)8-2-3-9-15;/h4-7H,2-3,8-10,16H2,1H3;1H. The second-order valence-electron chi connectivity index (χ2n) is 6.05. The van der Waals surface area contributed by atoms with E-state index in [9.17, 15) is 8.42 Å². The zero-order chi connectivity index (χ0) is 15.8. The first-order chi connectivity index (χ1) is 10.4. The molecule has 1 aromatic carbocycles. The number of nitrogens with two attached hydrogens (primary N) is 1. The van der Waals surface area contributed by atoms with Gasteiger partial charge in [0.15, 0.2) is 15.7 Å². The smallest absolute Gasteiger partial charge is 0.257 e. The van der Waals surface area contributed by atoms with Crippen LogP contribution in [0.4, 0.5) is 0 Å². The van der Waals surface area contributed by atoms with Crippen molar-refractivity contribution in [3.8, 4) is 11.5 Å². The Morgan fingerprint density at radius 2 is 1.83 bits per heavy atom. The molecule has 1 saturated carbocycles. The normalized spacial score (nSPS) is 17.0. The molecule has 8 heteroatoms. The van der Waals surface area contributed by atoms with Gasteiger partial charge in [0.1, 0.15) is 0 Å². The molecular formula is C15H20ClN3O3S. The van der Waals surface area contributed by atoms with Crippen LogP contribution in [0.3, 0.4) is 0 Å². The fraction of sp³-hybridized carbons (Fsp3) is 0.467. The summed E-state index contributed by atoms with van der Waals surface area (Å²) in [5.41, 5.74) is 7.33. The highest BCUT2D eigenvalue weighted by Gasteiger charge is 2.36. The van der Waals surface area contributed by atoms with Crippen molar-refractivity contribution in [2.45, 2.75) is 37.0 Å². The Balaban J connectivity index is 0.00000192. The van der Waals surface area contributed by atoms with Gasteiger partial charge in [0, 0.05) is 11.8 Å². The largest absolute Gasteiger partial charge is 0.334 e. The van der Waals surface area contributed by atoms with Gasteiger partial charge in [0.2, 0.25) is 0 Å². The molecule has 0 saturated heterocycles. The van der Waals surface area contributed by atoms with Crippen molar-refractivity contribution in [3.63, 3.8) is 0 Å². The number of hydrogen-bond donors (Lipinski definition) is 1. The van der Waals surface area contributed by atoms with Crippen LogP contribution in [-0.4, -0.2) is 24.8 Å². The van der Waals surface area contributed by atoms with Crippen LogP contribution < -0.4 is 5.73 Å². The lowest BCUT2D eigenvalue weighted by atomic mass is 9.99. The summed E-state index contributed by atoms with van der Waals surface area (Å²) in [6.45, 7) is 0. The predicted octanol–water partition coefficient (Wildman–Crippen LogP) is 2.43. The topological polar surface area (TPSA) is 99.1 Å². The first-order valence-electron chi connectivity index (χ1n) is 7.26. The molecule has 0 atom stereocenters. The molecule has 1 aromatic heterocycles. The van der Waals surface area contributed by atoms with Crippen LogP contribution in [0.25, 0.3) is 11.5 Å². The van der Waals surface area contributed by atoms with E-state index in [0.29, 0.717) is 11.7 Å². The lowest BCUT2D eigenvalue weighted by Gasteiger charge is -2.17. The number of benzene rings is 1. The highest BCUT2D eigenvalue weighted by Crippen LogP contribution is 2.35. The molecule has 23 heavy (non-hydrogen) atoms. The monoisotopic (exact) mass is 357 g/mol. The molecule has 6 nitrogen and oxygen atoms in total. The Morgan fingerprint density at radius 3 is 2.39 bits per heavy atom. The molecule has 2 N–H and O–H groups in total. The molecule has 126 valence electrons. The van der Waals surface area contributed by atoms with Crippen LogP contribution in [0, 0.1) is 0 Å². The van der Waals surface area contributed by atoms with Crippen molar-refractivity contribution in [2.75, 3.05) is 6.26 Å². The van der Waals surface area contributed by atoms with Gasteiger partial charge in [-0.05, 0) is 30.5 Å². The van der Waals surface area contributed by atoms with E-state index in [1.807, 2.05) is 0 Å². The third-order valence-corrected chi connectivity index (χ3v) is 4.85. The number of nitrogens with zero attached hydrogens (tertiary/aromatic N) is 2. The fourth-order valence-electron chi connectivity index (χ4n) is 2.82. The zero-order valence-electron chi connectivity index (χ0n) is 12.9. The van der Waals surface area contributed by atoms with Crippen molar-refractivity contribution in [1.29, 1.82) is 0 Å². The highest BCUT2D eigenvalue weighted by molar-refractivity contribution is 7.89. The molecule has 2 aromatic rings. The number of halogens is 1. The SMILES string of the molecule is CS(=O)(=O)Cc1ccc(-c2nc(C3(N)CCCC3)no2)cc1.Cl. The van der Waals surface area contributed by atoms with E-state index in [4.69, 9.17) is 10.3 Å². The second-order valence-corrected chi connectivity index (χ2v) is 8.19. The number of hydrogen-bond acceptors (Lipinski definition) is 6. The van der Waals surface area contributed by atoms with E-state index >= 15 is 0 Å². The third kappa shape index (κ3) is 4.10. The molecule has 1 heterocycles. The summed E-state index contributed by atoms with van der Waals surface area (Å²) in [5.74, 6) is 0.992. The number of sulfone groups is 1. The minimum Gasteiger partial charge on any atom is -0.334 e. The van der Waals surface area contributed by atoms with E-state index < -0.39 is 15.4 Å². The number of rotatable bonds is 4. The third-order valence-electron chi connectivity index (χ3n) is 4.00. The van der Waals surface area contributed by atoms with Crippen LogP contribution >= 0.6 is 12.4 Å². The molecule has 0 aliphatic heterocycles. The molecule has 3 rings (SSSR count). The van der Waals surface area contributed by atoms with Crippen molar-refractivity contribution in [1.82, 2.24) is 10.1 Å². The average Bonchev–Trinajstić information content (AvgIpc) is 3.07. The molecule has 0 spiro atoms. The summed E-state index contributed by atoms with van der Waals surface area (Å²) in [7, 11) is -3.04. The van der Waals surface area contributed by atoms with Crippen LogP contribution in [0.1, 0.15) is 37.1 Å². The van der Waals surface area contributed by atoms with E-state index in [1.165, 1.54) is 6.26 Å². The Hall–Kier alpha value is -1.44. The van der Waals surface area contributed by atoms with Gasteiger partial charge in [-0.3, -0.25) is 0 Å². The van der Waals surface area contributed by atoms with E-state index in [1.54, 1.807) is 24.3 Å². The van der Waals surface area contributed by atoms with Gasteiger partial charge in [-0.1, -0.05) is 30.1 Å².